The Hall–Kier alpha value is -1.32. The molecule has 4 heteroatoms. The lowest BCUT2D eigenvalue weighted by Crippen LogP contribution is -2.17. The molecular weight excluding hydrogens is 236 g/mol. The zero-order valence-electron chi connectivity index (χ0n) is 12.9. The van der Waals surface area contributed by atoms with Crippen molar-refractivity contribution >= 4 is 11.6 Å². The van der Waals surface area contributed by atoms with Crippen molar-refractivity contribution in [1.29, 1.82) is 0 Å². The first kappa shape index (κ1) is 15.7. The van der Waals surface area contributed by atoms with Gasteiger partial charge in [-0.25, -0.2) is 9.97 Å². The average Bonchev–Trinajstić information content (AvgIpc) is 2.27. The van der Waals surface area contributed by atoms with Crippen molar-refractivity contribution in [2.75, 3.05) is 11.1 Å². The molecule has 4 nitrogen and oxygen atoms in total. The average molecular weight is 264 g/mol. The molecule has 1 unspecified atom stereocenters. The lowest BCUT2D eigenvalue weighted by Gasteiger charge is -2.16. The molecule has 0 saturated carbocycles. The third-order valence-corrected chi connectivity index (χ3v) is 3.09. The molecule has 0 aliphatic carbocycles. The van der Waals surface area contributed by atoms with E-state index in [9.17, 15) is 0 Å². The molecule has 3 N–H and O–H groups in total. The van der Waals surface area contributed by atoms with E-state index in [2.05, 4.69) is 49.9 Å². The number of anilines is 2. The van der Waals surface area contributed by atoms with Gasteiger partial charge in [0.05, 0.1) is 0 Å². The van der Waals surface area contributed by atoms with Gasteiger partial charge in [-0.05, 0) is 19.3 Å². The van der Waals surface area contributed by atoms with Crippen LogP contribution in [0.3, 0.4) is 0 Å². The predicted octanol–water partition coefficient (Wildman–Crippen LogP) is 3.81. The number of nitrogens with two attached hydrogens (primary N) is 1. The first-order valence-electron chi connectivity index (χ1n) is 7.29. The largest absolute Gasteiger partial charge is 0.384 e. The summed E-state index contributed by atoms with van der Waals surface area (Å²) in [5.41, 5.74) is 5.82. The number of rotatable bonds is 7. The number of nitrogens with zero attached hydrogens (tertiary/aromatic N) is 2. The number of nitrogens with one attached hydrogen (secondary N) is 1. The molecule has 0 aromatic carbocycles. The molecule has 0 spiro atoms. The Morgan fingerprint density at radius 3 is 2.37 bits per heavy atom. The lowest BCUT2D eigenvalue weighted by molar-refractivity contribution is 0.520. The summed E-state index contributed by atoms with van der Waals surface area (Å²) in [6, 6.07) is 2.22. The minimum Gasteiger partial charge on any atom is -0.384 e. The molecule has 0 aliphatic rings. The van der Waals surface area contributed by atoms with Crippen LogP contribution in [0.5, 0.6) is 0 Å². The Morgan fingerprint density at radius 2 is 1.79 bits per heavy atom. The van der Waals surface area contributed by atoms with Gasteiger partial charge in [-0.3, -0.25) is 0 Å². The fourth-order valence-corrected chi connectivity index (χ4v) is 1.97. The summed E-state index contributed by atoms with van der Waals surface area (Å²) in [7, 11) is 0. The second kappa shape index (κ2) is 7.31. The quantitative estimate of drug-likeness (QED) is 0.786. The molecule has 1 atom stereocenters. The summed E-state index contributed by atoms with van der Waals surface area (Å²) >= 11 is 0. The molecule has 19 heavy (non-hydrogen) atoms. The van der Waals surface area contributed by atoms with Crippen LogP contribution in [-0.4, -0.2) is 16.0 Å². The molecule has 1 rings (SSSR count). The summed E-state index contributed by atoms with van der Waals surface area (Å²) in [5.74, 6) is 3.25. The van der Waals surface area contributed by atoms with Crippen LogP contribution in [0, 0.1) is 5.92 Å². The third kappa shape index (κ3) is 5.90. The molecular formula is C15H28N4. The van der Waals surface area contributed by atoms with E-state index in [1.54, 1.807) is 0 Å². The van der Waals surface area contributed by atoms with Crippen molar-refractivity contribution in [1.82, 2.24) is 9.97 Å². The van der Waals surface area contributed by atoms with E-state index in [1.807, 2.05) is 6.07 Å². The lowest BCUT2D eigenvalue weighted by atomic mass is 10.0. The highest BCUT2D eigenvalue weighted by molar-refractivity contribution is 5.45. The minimum atomic E-state index is 0.292. The van der Waals surface area contributed by atoms with Crippen LogP contribution in [0.4, 0.5) is 11.6 Å². The summed E-state index contributed by atoms with van der Waals surface area (Å²) < 4.78 is 0. The van der Waals surface area contributed by atoms with Crippen molar-refractivity contribution in [3.8, 4) is 0 Å². The number of nitrogen functional groups attached to an aromatic ring is 1. The molecule has 1 heterocycles. The van der Waals surface area contributed by atoms with E-state index in [0.29, 0.717) is 17.8 Å². The highest BCUT2D eigenvalue weighted by Gasteiger charge is 2.09. The molecule has 0 aliphatic heterocycles. The van der Waals surface area contributed by atoms with Gasteiger partial charge in [0.25, 0.3) is 0 Å². The van der Waals surface area contributed by atoms with E-state index in [1.165, 1.54) is 12.8 Å². The molecule has 0 radical (unpaired) electrons. The Kier molecular flexibility index (Phi) is 6.06. The molecule has 0 bridgehead atoms. The Bertz CT molecular complexity index is 388. The SMILES string of the molecule is CC(C)CCCC(C)Nc1cc(N)nc(C(C)C)n1. The van der Waals surface area contributed by atoms with Crippen LogP contribution >= 0.6 is 0 Å². The van der Waals surface area contributed by atoms with Crippen LogP contribution in [0.15, 0.2) is 6.07 Å². The van der Waals surface area contributed by atoms with Crippen LogP contribution < -0.4 is 11.1 Å². The molecule has 0 fully saturated rings. The number of hydrogen-bond acceptors (Lipinski definition) is 4. The summed E-state index contributed by atoms with van der Waals surface area (Å²) in [5, 5.41) is 3.42. The van der Waals surface area contributed by atoms with E-state index in [0.717, 1.165) is 24.0 Å². The second-order valence-corrected chi connectivity index (χ2v) is 6.06. The highest BCUT2D eigenvalue weighted by Crippen LogP contribution is 2.17. The van der Waals surface area contributed by atoms with Gasteiger partial charge in [0.15, 0.2) is 0 Å². The van der Waals surface area contributed by atoms with E-state index in [4.69, 9.17) is 5.73 Å². The van der Waals surface area contributed by atoms with Gasteiger partial charge in [0.2, 0.25) is 0 Å². The van der Waals surface area contributed by atoms with Gasteiger partial charge in [0.1, 0.15) is 17.5 Å². The van der Waals surface area contributed by atoms with Crippen molar-refractivity contribution < 1.29 is 0 Å². The fraction of sp³-hybridized carbons (Fsp3) is 0.733. The molecule has 0 amide bonds. The van der Waals surface area contributed by atoms with Gasteiger partial charge >= 0.3 is 0 Å². The molecule has 1 aromatic heterocycles. The van der Waals surface area contributed by atoms with E-state index < -0.39 is 0 Å². The monoisotopic (exact) mass is 264 g/mol. The normalized spacial score (nSPS) is 13.0. The zero-order chi connectivity index (χ0) is 14.4. The van der Waals surface area contributed by atoms with Crippen molar-refractivity contribution in [3.63, 3.8) is 0 Å². The van der Waals surface area contributed by atoms with Crippen LogP contribution in [0.25, 0.3) is 0 Å². The minimum absolute atomic E-state index is 0.292. The summed E-state index contributed by atoms with van der Waals surface area (Å²) in [6.07, 6.45) is 3.66. The van der Waals surface area contributed by atoms with Gasteiger partial charge in [-0.1, -0.05) is 40.5 Å². The highest BCUT2D eigenvalue weighted by atomic mass is 15.1. The number of hydrogen-bond donors (Lipinski definition) is 2. The van der Waals surface area contributed by atoms with Gasteiger partial charge in [0, 0.05) is 18.0 Å². The van der Waals surface area contributed by atoms with Crippen LogP contribution in [0.2, 0.25) is 0 Å². The molecule has 0 saturated heterocycles. The molecule has 1 aromatic rings. The van der Waals surface area contributed by atoms with Crippen LogP contribution in [-0.2, 0) is 0 Å². The Balaban J connectivity index is 2.56. The Labute approximate surface area is 117 Å². The van der Waals surface area contributed by atoms with Gasteiger partial charge in [-0.15, -0.1) is 0 Å². The standard InChI is InChI=1S/C15H28N4/c1-10(2)7-6-8-12(5)17-14-9-13(16)18-15(19-14)11(3)4/h9-12H,6-8H2,1-5H3,(H3,16,17,18,19). The first-order chi connectivity index (χ1) is 8.88. The predicted molar refractivity (Wildman–Crippen MR) is 82.3 cm³/mol. The van der Waals surface area contributed by atoms with Gasteiger partial charge in [-0.2, -0.15) is 0 Å². The topological polar surface area (TPSA) is 63.8 Å². The Morgan fingerprint density at radius 1 is 1.11 bits per heavy atom. The van der Waals surface area contributed by atoms with Crippen molar-refractivity contribution in [2.45, 2.75) is 65.8 Å². The van der Waals surface area contributed by atoms with E-state index >= 15 is 0 Å². The van der Waals surface area contributed by atoms with Gasteiger partial charge < -0.3 is 11.1 Å². The number of aromatic nitrogens is 2. The third-order valence-electron chi connectivity index (χ3n) is 3.09. The fourth-order valence-electron chi connectivity index (χ4n) is 1.97. The summed E-state index contributed by atoms with van der Waals surface area (Å²) in [4.78, 5) is 8.77. The first-order valence-corrected chi connectivity index (χ1v) is 7.29. The maximum atomic E-state index is 5.82. The van der Waals surface area contributed by atoms with Crippen LogP contribution in [0.1, 0.15) is 65.6 Å². The second-order valence-electron chi connectivity index (χ2n) is 6.06. The summed E-state index contributed by atoms with van der Waals surface area (Å²) in [6.45, 7) is 10.9. The maximum Gasteiger partial charge on any atom is 0.135 e. The van der Waals surface area contributed by atoms with E-state index in [-0.39, 0.29) is 0 Å². The smallest absolute Gasteiger partial charge is 0.135 e. The van der Waals surface area contributed by atoms with Crippen molar-refractivity contribution in [3.05, 3.63) is 11.9 Å². The maximum absolute atomic E-state index is 5.82. The molecule has 108 valence electrons. The van der Waals surface area contributed by atoms with Crippen molar-refractivity contribution in [2.24, 2.45) is 5.92 Å². The zero-order valence-corrected chi connectivity index (χ0v) is 12.9.